The minimum Gasteiger partial charge on any atom is -0.368 e. The number of anilines is 3. The van der Waals surface area contributed by atoms with Gasteiger partial charge in [0.1, 0.15) is 5.82 Å². The summed E-state index contributed by atoms with van der Waals surface area (Å²) < 4.78 is 2.09. The van der Waals surface area contributed by atoms with Gasteiger partial charge in [0.25, 0.3) is 5.91 Å². The zero-order valence-electron chi connectivity index (χ0n) is 18.4. The van der Waals surface area contributed by atoms with Crippen LogP contribution in [0.25, 0.3) is 22.2 Å². The van der Waals surface area contributed by atoms with E-state index in [0.29, 0.717) is 23.6 Å². The van der Waals surface area contributed by atoms with E-state index in [2.05, 4.69) is 54.7 Å². The molecule has 0 aliphatic carbocycles. The van der Waals surface area contributed by atoms with Crippen LogP contribution in [0.3, 0.4) is 0 Å². The number of aromatic nitrogens is 3. The molecule has 5 heterocycles. The van der Waals surface area contributed by atoms with Gasteiger partial charge in [0.05, 0.1) is 35.0 Å². The summed E-state index contributed by atoms with van der Waals surface area (Å²) in [5.41, 5.74) is 6.34. The number of benzene rings is 1. The van der Waals surface area contributed by atoms with Crippen molar-refractivity contribution in [1.29, 1.82) is 0 Å². The average Bonchev–Trinajstić information content (AvgIpc) is 3.44. The van der Waals surface area contributed by atoms with E-state index in [4.69, 9.17) is 4.98 Å². The largest absolute Gasteiger partial charge is 0.368 e. The lowest BCUT2D eigenvalue weighted by Crippen LogP contribution is -2.43. The zero-order valence-corrected chi connectivity index (χ0v) is 18.4. The Bertz CT molecular complexity index is 1350. The number of carbonyl (C=O) groups is 1. The second kappa shape index (κ2) is 7.90. The van der Waals surface area contributed by atoms with Gasteiger partial charge in [-0.1, -0.05) is 12.1 Å². The van der Waals surface area contributed by atoms with Gasteiger partial charge in [-0.2, -0.15) is 0 Å². The van der Waals surface area contributed by atoms with Crippen molar-refractivity contribution in [3.63, 3.8) is 0 Å². The Kier molecular flexibility index (Phi) is 4.73. The summed E-state index contributed by atoms with van der Waals surface area (Å²) in [5.74, 6) is 0.601. The molecule has 0 bridgehead atoms. The summed E-state index contributed by atoms with van der Waals surface area (Å²) >= 11 is 0. The predicted octanol–water partition coefficient (Wildman–Crippen LogP) is 3.03. The Balaban J connectivity index is 1.35. The van der Waals surface area contributed by atoms with Gasteiger partial charge in [0, 0.05) is 68.0 Å². The molecule has 166 valence electrons. The number of pyridine rings is 2. The van der Waals surface area contributed by atoms with Crippen LogP contribution in [0.15, 0.2) is 55.0 Å². The predicted molar refractivity (Wildman–Crippen MR) is 130 cm³/mol. The minimum absolute atomic E-state index is 0.0891. The van der Waals surface area contributed by atoms with Gasteiger partial charge >= 0.3 is 0 Å². The first-order valence-electron chi connectivity index (χ1n) is 11.2. The van der Waals surface area contributed by atoms with Gasteiger partial charge in [-0.15, -0.1) is 0 Å². The molecular weight excluding hydrogens is 414 g/mol. The molecule has 33 heavy (non-hydrogen) atoms. The summed E-state index contributed by atoms with van der Waals surface area (Å²) in [4.78, 5) is 24.5. The lowest BCUT2D eigenvalue weighted by Gasteiger charge is -2.29. The van der Waals surface area contributed by atoms with Crippen molar-refractivity contribution in [3.05, 3.63) is 66.1 Å². The number of hydrogen-bond donors (Lipinski definition) is 3. The molecule has 0 unspecified atom stereocenters. The number of piperazine rings is 1. The number of fused-ring (bicyclic) bond motifs is 2. The van der Waals surface area contributed by atoms with Crippen LogP contribution in [0.4, 0.5) is 17.2 Å². The number of hydrogen-bond acceptors (Lipinski definition) is 6. The van der Waals surface area contributed by atoms with Crippen molar-refractivity contribution < 1.29 is 4.79 Å². The standard InChI is InChI=1S/C25H25N7O/c1-31-10-7-17-18(3-2-4-21(17)31)24-19-14-29-25(33)23(19)20(15-28-24)30-22-6-5-16(13-27-22)32-11-8-26-9-12-32/h2-7,10,13,15,26H,8-9,11-12,14H2,1H3,(H,27,30)(H,29,33). The number of nitrogens with zero attached hydrogens (tertiary/aromatic N) is 4. The highest BCUT2D eigenvalue weighted by Gasteiger charge is 2.28. The molecule has 4 aromatic rings. The second-order valence-corrected chi connectivity index (χ2v) is 8.49. The SMILES string of the molecule is Cn1ccc2c(-c3ncc(Nc4ccc(N5CCNCC5)cn4)c4c3CNC4=O)cccc21. The van der Waals surface area contributed by atoms with Crippen LogP contribution in [0, 0.1) is 0 Å². The second-order valence-electron chi connectivity index (χ2n) is 8.49. The topological polar surface area (TPSA) is 87.1 Å². The Hall–Kier alpha value is -3.91. The Morgan fingerprint density at radius 3 is 2.73 bits per heavy atom. The van der Waals surface area contributed by atoms with E-state index >= 15 is 0 Å². The molecule has 3 aromatic heterocycles. The van der Waals surface area contributed by atoms with Crippen LogP contribution in [-0.2, 0) is 13.6 Å². The molecule has 2 aliphatic rings. The third-order valence-electron chi connectivity index (χ3n) is 6.51. The summed E-state index contributed by atoms with van der Waals surface area (Å²) in [6, 6.07) is 12.3. The monoisotopic (exact) mass is 439 g/mol. The molecule has 0 atom stereocenters. The van der Waals surface area contributed by atoms with Crippen molar-refractivity contribution >= 4 is 34.0 Å². The van der Waals surface area contributed by atoms with E-state index in [0.717, 1.165) is 59.6 Å². The maximum atomic E-state index is 12.8. The molecule has 1 amide bonds. The highest BCUT2D eigenvalue weighted by molar-refractivity contribution is 6.07. The van der Waals surface area contributed by atoms with Gasteiger partial charge in [-0.05, 0) is 24.3 Å². The van der Waals surface area contributed by atoms with Crippen LogP contribution in [-0.4, -0.2) is 46.6 Å². The molecule has 1 aromatic carbocycles. The van der Waals surface area contributed by atoms with Crippen LogP contribution in [0.1, 0.15) is 15.9 Å². The maximum absolute atomic E-state index is 12.8. The molecule has 0 spiro atoms. The van der Waals surface area contributed by atoms with Crippen LogP contribution < -0.4 is 20.9 Å². The molecule has 1 fully saturated rings. The van der Waals surface area contributed by atoms with Crippen molar-refractivity contribution in [2.75, 3.05) is 36.4 Å². The molecule has 2 aliphatic heterocycles. The van der Waals surface area contributed by atoms with Gasteiger partial charge in [0.2, 0.25) is 0 Å². The molecule has 0 saturated carbocycles. The van der Waals surface area contributed by atoms with Crippen molar-refractivity contribution in [1.82, 2.24) is 25.2 Å². The van der Waals surface area contributed by atoms with E-state index in [9.17, 15) is 4.79 Å². The molecule has 8 heteroatoms. The lowest BCUT2D eigenvalue weighted by molar-refractivity contribution is 0.0966. The fraction of sp³-hybridized carbons (Fsp3) is 0.240. The van der Waals surface area contributed by atoms with Gasteiger partial charge in [-0.25, -0.2) is 4.98 Å². The number of carbonyl (C=O) groups excluding carboxylic acids is 1. The van der Waals surface area contributed by atoms with Crippen molar-refractivity contribution in [2.45, 2.75) is 6.54 Å². The van der Waals surface area contributed by atoms with E-state index in [1.54, 1.807) is 6.20 Å². The van der Waals surface area contributed by atoms with Crippen LogP contribution in [0.2, 0.25) is 0 Å². The summed E-state index contributed by atoms with van der Waals surface area (Å²) in [6.07, 6.45) is 5.67. The van der Waals surface area contributed by atoms with Crippen LogP contribution >= 0.6 is 0 Å². The van der Waals surface area contributed by atoms with E-state index in [1.165, 1.54) is 0 Å². The molecule has 3 N–H and O–H groups in total. The van der Waals surface area contributed by atoms with E-state index < -0.39 is 0 Å². The van der Waals surface area contributed by atoms with Crippen molar-refractivity contribution in [3.8, 4) is 11.3 Å². The number of nitrogens with one attached hydrogen (secondary N) is 3. The number of rotatable bonds is 4. The Labute approximate surface area is 191 Å². The zero-order chi connectivity index (χ0) is 22.4. The summed E-state index contributed by atoms with van der Waals surface area (Å²) in [6.45, 7) is 4.37. The number of amides is 1. The van der Waals surface area contributed by atoms with Gasteiger partial charge < -0.3 is 25.4 Å². The number of aryl methyl sites for hydroxylation is 1. The average molecular weight is 440 g/mol. The third kappa shape index (κ3) is 3.39. The fourth-order valence-corrected chi connectivity index (χ4v) is 4.78. The van der Waals surface area contributed by atoms with Crippen molar-refractivity contribution in [2.24, 2.45) is 7.05 Å². The molecule has 6 rings (SSSR count). The summed E-state index contributed by atoms with van der Waals surface area (Å²) in [5, 5.41) is 10.8. The molecule has 8 nitrogen and oxygen atoms in total. The Morgan fingerprint density at radius 2 is 1.91 bits per heavy atom. The lowest BCUT2D eigenvalue weighted by atomic mass is 9.99. The first kappa shape index (κ1) is 19.8. The van der Waals surface area contributed by atoms with Gasteiger partial charge in [-0.3, -0.25) is 9.78 Å². The smallest absolute Gasteiger partial charge is 0.254 e. The minimum atomic E-state index is -0.0891. The Morgan fingerprint density at radius 1 is 1.03 bits per heavy atom. The quantitative estimate of drug-likeness (QED) is 0.453. The highest BCUT2D eigenvalue weighted by atomic mass is 16.1. The molecule has 1 saturated heterocycles. The van der Waals surface area contributed by atoms with Crippen LogP contribution in [0.5, 0.6) is 0 Å². The summed E-state index contributed by atoms with van der Waals surface area (Å²) in [7, 11) is 2.03. The normalized spacial score (nSPS) is 15.5. The third-order valence-corrected chi connectivity index (χ3v) is 6.51. The maximum Gasteiger partial charge on any atom is 0.254 e. The first-order chi connectivity index (χ1) is 16.2. The van der Waals surface area contributed by atoms with E-state index in [-0.39, 0.29) is 5.91 Å². The van der Waals surface area contributed by atoms with Gasteiger partial charge in [0.15, 0.2) is 0 Å². The fourth-order valence-electron chi connectivity index (χ4n) is 4.78. The molecular formula is C25H25N7O. The molecule has 0 radical (unpaired) electrons. The van der Waals surface area contributed by atoms with E-state index in [1.807, 2.05) is 31.6 Å². The first-order valence-corrected chi connectivity index (χ1v) is 11.2. The highest BCUT2D eigenvalue weighted by Crippen LogP contribution is 2.36.